The van der Waals surface area contributed by atoms with Gasteiger partial charge in [0.25, 0.3) is 0 Å². The predicted molar refractivity (Wildman–Crippen MR) is 32.3 cm³/mol. The second-order valence-electron chi connectivity index (χ2n) is 0.884. The monoisotopic (exact) mass is 119 g/mol. The number of nitrogens with one attached hydrogen (secondary N) is 1. The average Bonchev–Trinajstić information content (AvgIpc) is 1.72. The van der Waals surface area contributed by atoms with Crippen molar-refractivity contribution in [2.24, 2.45) is 0 Å². The van der Waals surface area contributed by atoms with Gasteiger partial charge >= 0.3 is 0 Å². The molecule has 1 aliphatic rings. The van der Waals surface area contributed by atoms with Gasteiger partial charge in [0.1, 0.15) is 0 Å². The van der Waals surface area contributed by atoms with Crippen molar-refractivity contribution in [1.82, 2.24) is 4.13 Å². The smallest absolute Gasteiger partial charge is 0.0276 e. The highest BCUT2D eigenvalue weighted by Gasteiger charge is 1.86. The SMILES string of the molecule is C1=CSNSC1. The van der Waals surface area contributed by atoms with Gasteiger partial charge in [0.05, 0.1) is 0 Å². The molecule has 0 saturated heterocycles. The van der Waals surface area contributed by atoms with Crippen LogP contribution in [0.2, 0.25) is 0 Å². The second-order valence-corrected chi connectivity index (χ2v) is 2.68. The van der Waals surface area contributed by atoms with E-state index in [0.29, 0.717) is 0 Å². The van der Waals surface area contributed by atoms with Crippen molar-refractivity contribution in [1.29, 1.82) is 0 Å². The summed E-state index contributed by atoms with van der Waals surface area (Å²) in [5.74, 6) is 1.10. The summed E-state index contributed by atoms with van der Waals surface area (Å²) in [4.78, 5) is 0. The van der Waals surface area contributed by atoms with Crippen LogP contribution in [0, 0.1) is 0 Å². The number of hydrogen-bond donors (Lipinski definition) is 1. The molecule has 1 heterocycles. The molecule has 1 aliphatic heterocycles. The van der Waals surface area contributed by atoms with Gasteiger partial charge in [0.15, 0.2) is 0 Å². The second kappa shape index (κ2) is 2.55. The van der Waals surface area contributed by atoms with E-state index in [-0.39, 0.29) is 0 Å². The van der Waals surface area contributed by atoms with Crippen molar-refractivity contribution in [2.75, 3.05) is 5.75 Å². The van der Waals surface area contributed by atoms with Gasteiger partial charge in [0, 0.05) is 5.75 Å². The summed E-state index contributed by atoms with van der Waals surface area (Å²) < 4.78 is 3.03. The van der Waals surface area contributed by atoms with Crippen LogP contribution < -0.4 is 4.13 Å². The zero-order chi connectivity index (χ0) is 4.24. The minimum absolute atomic E-state index is 1.10. The van der Waals surface area contributed by atoms with Gasteiger partial charge in [-0.3, -0.25) is 0 Å². The van der Waals surface area contributed by atoms with Gasteiger partial charge in [-0.1, -0.05) is 18.0 Å². The van der Waals surface area contributed by atoms with Crippen LogP contribution in [0.5, 0.6) is 0 Å². The summed E-state index contributed by atoms with van der Waals surface area (Å²) >= 11 is 3.35. The maximum atomic E-state index is 3.03. The van der Waals surface area contributed by atoms with E-state index < -0.39 is 0 Å². The summed E-state index contributed by atoms with van der Waals surface area (Å²) in [6, 6.07) is 0. The Balaban J connectivity index is 2.26. The van der Waals surface area contributed by atoms with E-state index in [0.717, 1.165) is 5.75 Å². The molecule has 1 rings (SSSR count). The van der Waals surface area contributed by atoms with Gasteiger partial charge in [0.2, 0.25) is 0 Å². The van der Waals surface area contributed by atoms with Crippen LogP contribution >= 0.6 is 23.9 Å². The van der Waals surface area contributed by atoms with Gasteiger partial charge in [-0.2, -0.15) is 0 Å². The summed E-state index contributed by atoms with van der Waals surface area (Å²) in [5, 5.41) is 2.05. The Kier molecular flexibility index (Phi) is 1.94. The van der Waals surface area contributed by atoms with Crippen molar-refractivity contribution < 1.29 is 0 Å². The Morgan fingerprint density at radius 2 is 2.67 bits per heavy atom. The molecule has 0 saturated carbocycles. The Labute approximate surface area is 45.8 Å². The fourth-order valence-corrected chi connectivity index (χ4v) is 1.50. The molecule has 0 bridgehead atoms. The summed E-state index contributed by atoms with van der Waals surface area (Å²) in [5.41, 5.74) is 0. The van der Waals surface area contributed by atoms with E-state index in [2.05, 4.69) is 15.6 Å². The molecule has 0 unspecified atom stereocenters. The quantitative estimate of drug-likeness (QED) is 0.484. The van der Waals surface area contributed by atoms with Crippen LogP contribution in [-0.2, 0) is 0 Å². The number of rotatable bonds is 0. The Morgan fingerprint density at radius 1 is 1.67 bits per heavy atom. The maximum absolute atomic E-state index is 3.03. The summed E-state index contributed by atoms with van der Waals surface area (Å²) in [6.45, 7) is 0. The van der Waals surface area contributed by atoms with E-state index in [4.69, 9.17) is 0 Å². The molecule has 0 aromatic rings. The van der Waals surface area contributed by atoms with Crippen LogP contribution in [0.3, 0.4) is 0 Å². The Hall–Kier alpha value is 0.400. The first-order chi connectivity index (χ1) is 3.00. The molecule has 1 N–H and O–H groups in total. The Morgan fingerprint density at radius 3 is 2.83 bits per heavy atom. The molecular formula is C3H5NS2. The van der Waals surface area contributed by atoms with E-state index in [1.165, 1.54) is 0 Å². The molecule has 0 aromatic heterocycles. The predicted octanol–water partition coefficient (Wildman–Crippen LogP) is 1.40. The zero-order valence-corrected chi connectivity index (χ0v) is 4.81. The third-order valence-corrected chi connectivity index (χ3v) is 1.99. The fourth-order valence-electron chi connectivity index (χ4n) is 0.231. The molecule has 0 amide bonds. The fraction of sp³-hybridized carbons (Fsp3) is 0.333. The molecule has 0 aliphatic carbocycles. The van der Waals surface area contributed by atoms with Crippen molar-refractivity contribution >= 4 is 23.9 Å². The maximum Gasteiger partial charge on any atom is 0.0276 e. The normalized spacial score (nSPS) is 21.3. The lowest BCUT2D eigenvalue weighted by atomic mass is 10.8. The summed E-state index contributed by atoms with van der Waals surface area (Å²) in [6.07, 6.45) is 2.13. The molecule has 6 heavy (non-hydrogen) atoms. The lowest BCUT2D eigenvalue weighted by molar-refractivity contribution is 1.66. The van der Waals surface area contributed by atoms with Crippen LogP contribution in [0.1, 0.15) is 0 Å². The number of hydrogen-bond acceptors (Lipinski definition) is 3. The average molecular weight is 119 g/mol. The van der Waals surface area contributed by atoms with Crippen LogP contribution in [0.4, 0.5) is 0 Å². The first-order valence-corrected chi connectivity index (χ1v) is 3.54. The van der Waals surface area contributed by atoms with Gasteiger partial charge in [-0.15, -0.1) is 0 Å². The van der Waals surface area contributed by atoms with Gasteiger partial charge in [-0.05, 0) is 17.4 Å². The minimum atomic E-state index is 1.10. The molecule has 0 radical (unpaired) electrons. The standard InChI is InChI=1S/C3H5NS2/c1-2-5-4-6-3-1/h1-2,4H,3H2. The lowest BCUT2D eigenvalue weighted by Crippen LogP contribution is -1.91. The molecule has 3 heteroatoms. The minimum Gasteiger partial charge on any atom is -0.204 e. The van der Waals surface area contributed by atoms with E-state index in [1.807, 2.05) is 0 Å². The van der Waals surface area contributed by atoms with Gasteiger partial charge < -0.3 is 0 Å². The van der Waals surface area contributed by atoms with E-state index in [9.17, 15) is 0 Å². The lowest BCUT2D eigenvalue weighted by Gasteiger charge is -1.99. The molecule has 0 fully saturated rings. The largest absolute Gasteiger partial charge is 0.204 e. The molecule has 1 nitrogen and oxygen atoms in total. The highest BCUT2D eigenvalue weighted by molar-refractivity contribution is 8.14. The van der Waals surface area contributed by atoms with Gasteiger partial charge in [-0.25, -0.2) is 4.13 Å². The molecular weight excluding hydrogens is 114 g/mol. The van der Waals surface area contributed by atoms with Crippen molar-refractivity contribution in [3.63, 3.8) is 0 Å². The van der Waals surface area contributed by atoms with Crippen molar-refractivity contribution in [3.05, 3.63) is 11.5 Å². The zero-order valence-electron chi connectivity index (χ0n) is 3.18. The Bertz CT molecular complexity index is 53.8. The first kappa shape index (κ1) is 4.56. The molecule has 34 valence electrons. The highest BCUT2D eigenvalue weighted by atomic mass is 32.2. The third-order valence-electron chi connectivity index (χ3n) is 0.451. The van der Waals surface area contributed by atoms with Crippen molar-refractivity contribution in [2.45, 2.75) is 0 Å². The van der Waals surface area contributed by atoms with Crippen molar-refractivity contribution in [3.8, 4) is 0 Å². The van der Waals surface area contributed by atoms with Crippen LogP contribution in [0.25, 0.3) is 0 Å². The third kappa shape index (κ3) is 1.24. The molecule has 0 aromatic carbocycles. The molecule has 0 spiro atoms. The summed E-state index contributed by atoms with van der Waals surface area (Å²) in [7, 11) is 0. The topological polar surface area (TPSA) is 12.0 Å². The molecule has 0 atom stereocenters. The van der Waals surface area contributed by atoms with E-state index in [1.54, 1.807) is 23.9 Å². The first-order valence-electron chi connectivity index (χ1n) is 1.67. The van der Waals surface area contributed by atoms with Crippen LogP contribution in [0.15, 0.2) is 11.5 Å². The highest BCUT2D eigenvalue weighted by Crippen LogP contribution is 2.10. The van der Waals surface area contributed by atoms with Crippen LogP contribution in [-0.4, -0.2) is 5.75 Å². The van der Waals surface area contributed by atoms with E-state index >= 15 is 0 Å².